The SMILES string of the molecule is Cn1c(=O)c2c(-c3ccc(Cl)cc3)n(-c3ccccc3CO)cc2n(C)c1=O. The lowest BCUT2D eigenvalue weighted by Crippen LogP contribution is -2.36. The quantitative estimate of drug-likeness (QED) is 0.580. The zero-order valence-electron chi connectivity index (χ0n) is 15.4. The number of para-hydroxylation sites is 1. The van der Waals surface area contributed by atoms with Crippen LogP contribution in [0.5, 0.6) is 0 Å². The molecule has 0 amide bonds. The van der Waals surface area contributed by atoms with E-state index in [0.717, 1.165) is 15.8 Å². The summed E-state index contributed by atoms with van der Waals surface area (Å²) in [5, 5.41) is 10.8. The average Bonchev–Trinajstić information content (AvgIpc) is 3.11. The zero-order valence-corrected chi connectivity index (χ0v) is 16.1. The molecule has 0 atom stereocenters. The first kappa shape index (κ1) is 18.3. The summed E-state index contributed by atoms with van der Waals surface area (Å²) in [6.07, 6.45) is 1.76. The van der Waals surface area contributed by atoms with Gasteiger partial charge in [0.15, 0.2) is 0 Å². The lowest BCUT2D eigenvalue weighted by molar-refractivity contribution is 0.281. The van der Waals surface area contributed by atoms with Crippen LogP contribution in [0.15, 0.2) is 64.3 Å². The number of aryl methyl sites for hydroxylation is 1. The van der Waals surface area contributed by atoms with Crippen molar-refractivity contribution in [2.45, 2.75) is 6.61 Å². The van der Waals surface area contributed by atoms with E-state index < -0.39 is 5.69 Å². The van der Waals surface area contributed by atoms with Crippen molar-refractivity contribution in [3.8, 4) is 16.9 Å². The van der Waals surface area contributed by atoms with Crippen molar-refractivity contribution in [2.24, 2.45) is 14.1 Å². The van der Waals surface area contributed by atoms with Crippen LogP contribution in [-0.2, 0) is 20.7 Å². The molecular formula is C21H18ClN3O3. The molecule has 0 radical (unpaired) electrons. The summed E-state index contributed by atoms with van der Waals surface area (Å²) in [6.45, 7) is -0.151. The molecule has 7 heteroatoms. The topological polar surface area (TPSA) is 69.2 Å². The molecule has 0 bridgehead atoms. The van der Waals surface area contributed by atoms with Crippen LogP contribution in [0, 0.1) is 0 Å². The monoisotopic (exact) mass is 395 g/mol. The van der Waals surface area contributed by atoms with Gasteiger partial charge in [0.25, 0.3) is 5.56 Å². The van der Waals surface area contributed by atoms with E-state index in [9.17, 15) is 14.7 Å². The highest BCUT2D eigenvalue weighted by atomic mass is 35.5. The number of fused-ring (bicyclic) bond motifs is 1. The number of benzene rings is 2. The summed E-state index contributed by atoms with van der Waals surface area (Å²) in [4.78, 5) is 25.4. The van der Waals surface area contributed by atoms with Crippen LogP contribution in [0.2, 0.25) is 5.02 Å². The second kappa shape index (κ2) is 6.82. The van der Waals surface area contributed by atoms with Gasteiger partial charge in [-0.3, -0.25) is 13.9 Å². The van der Waals surface area contributed by atoms with Gasteiger partial charge < -0.3 is 9.67 Å². The highest BCUT2D eigenvalue weighted by molar-refractivity contribution is 6.30. The van der Waals surface area contributed by atoms with E-state index in [1.54, 1.807) is 25.4 Å². The molecule has 2 aromatic heterocycles. The Labute approximate surface area is 165 Å². The Balaban J connectivity index is 2.22. The number of rotatable bonds is 3. The predicted octanol–water partition coefficient (Wildman–Crippen LogP) is 2.84. The molecule has 28 heavy (non-hydrogen) atoms. The number of aromatic nitrogens is 3. The van der Waals surface area contributed by atoms with Crippen LogP contribution in [0.4, 0.5) is 0 Å². The molecule has 0 aliphatic rings. The molecule has 142 valence electrons. The molecule has 2 aromatic carbocycles. The number of aliphatic hydroxyl groups is 1. The third-order valence-electron chi connectivity index (χ3n) is 4.98. The largest absolute Gasteiger partial charge is 0.392 e. The normalized spacial score (nSPS) is 11.3. The molecule has 0 aliphatic carbocycles. The van der Waals surface area contributed by atoms with Crippen LogP contribution in [0.1, 0.15) is 5.56 Å². The van der Waals surface area contributed by atoms with Crippen LogP contribution in [0.3, 0.4) is 0 Å². The van der Waals surface area contributed by atoms with Crippen molar-refractivity contribution >= 4 is 22.5 Å². The molecule has 4 aromatic rings. The van der Waals surface area contributed by atoms with Crippen molar-refractivity contribution in [1.29, 1.82) is 0 Å². The number of halogens is 1. The van der Waals surface area contributed by atoms with E-state index >= 15 is 0 Å². The molecule has 2 heterocycles. The van der Waals surface area contributed by atoms with E-state index in [2.05, 4.69) is 0 Å². The Morgan fingerprint density at radius 2 is 1.64 bits per heavy atom. The van der Waals surface area contributed by atoms with Gasteiger partial charge in [0.1, 0.15) is 0 Å². The van der Waals surface area contributed by atoms with Crippen molar-refractivity contribution in [2.75, 3.05) is 0 Å². The van der Waals surface area contributed by atoms with Crippen molar-refractivity contribution in [1.82, 2.24) is 13.7 Å². The molecule has 6 nitrogen and oxygen atoms in total. The van der Waals surface area contributed by atoms with Gasteiger partial charge in [0.05, 0.1) is 28.9 Å². The van der Waals surface area contributed by atoms with Gasteiger partial charge in [0.2, 0.25) is 0 Å². The molecule has 0 saturated carbocycles. The summed E-state index contributed by atoms with van der Waals surface area (Å²) in [5.41, 5.74) is 2.62. The first-order valence-electron chi connectivity index (χ1n) is 8.70. The van der Waals surface area contributed by atoms with Gasteiger partial charge >= 0.3 is 5.69 Å². The number of aliphatic hydroxyl groups excluding tert-OH is 1. The van der Waals surface area contributed by atoms with Gasteiger partial charge in [-0.1, -0.05) is 41.9 Å². The number of hydrogen-bond donors (Lipinski definition) is 1. The first-order valence-corrected chi connectivity index (χ1v) is 9.08. The van der Waals surface area contributed by atoms with E-state index in [-0.39, 0.29) is 12.2 Å². The third kappa shape index (κ3) is 2.69. The fourth-order valence-electron chi connectivity index (χ4n) is 3.50. The van der Waals surface area contributed by atoms with Gasteiger partial charge in [-0.05, 0) is 23.8 Å². The third-order valence-corrected chi connectivity index (χ3v) is 5.23. The van der Waals surface area contributed by atoms with Gasteiger partial charge in [-0.15, -0.1) is 0 Å². The van der Waals surface area contributed by atoms with Crippen LogP contribution in [0.25, 0.3) is 27.8 Å². The summed E-state index contributed by atoms with van der Waals surface area (Å²) < 4.78 is 4.40. The van der Waals surface area contributed by atoms with Crippen LogP contribution in [-0.4, -0.2) is 18.8 Å². The van der Waals surface area contributed by atoms with E-state index in [4.69, 9.17) is 11.6 Å². The summed E-state index contributed by atoms with van der Waals surface area (Å²) in [7, 11) is 3.10. The van der Waals surface area contributed by atoms with Crippen LogP contribution < -0.4 is 11.2 Å². The molecule has 0 unspecified atom stereocenters. The lowest BCUT2D eigenvalue weighted by atomic mass is 10.1. The van der Waals surface area contributed by atoms with E-state index in [1.165, 1.54) is 11.6 Å². The molecule has 0 aliphatic heterocycles. The van der Waals surface area contributed by atoms with Gasteiger partial charge in [-0.2, -0.15) is 0 Å². The predicted molar refractivity (Wildman–Crippen MR) is 110 cm³/mol. The number of nitrogens with zero attached hydrogens (tertiary/aromatic N) is 3. The second-order valence-electron chi connectivity index (χ2n) is 6.61. The first-order chi connectivity index (χ1) is 13.4. The van der Waals surface area contributed by atoms with Crippen LogP contribution >= 0.6 is 11.6 Å². The van der Waals surface area contributed by atoms with Gasteiger partial charge in [0, 0.05) is 30.9 Å². The summed E-state index contributed by atoms with van der Waals surface area (Å²) in [5.74, 6) is 0. The maximum absolute atomic E-state index is 13.0. The van der Waals surface area contributed by atoms with E-state index in [1.807, 2.05) is 41.0 Å². The molecule has 0 saturated heterocycles. The fraction of sp³-hybridized carbons (Fsp3) is 0.143. The highest BCUT2D eigenvalue weighted by Gasteiger charge is 2.21. The average molecular weight is 396 g/mol. The Kier molecular flexibility index (Phi) is 4.45. The van der Waals surface area contributed by atoms with E-state index in [0.29, 0.717) is 27.2 Å². The Morgan fingerprint density at radius 3 is 2.32 bits per heavy atom. The summed E-state index contributed by atoms with van der Waals surface area (Å²) in [6, 6.07) is 14.6. The Hall–Kier alpha value is -3.09. The molecular weight excluding hydrogens is 378 g/mol. The molecule has 4 rings (SSSR count). The Bertz CT molecular complexity index is 1310. The highest BCUT2D eigenvalue weighted by Crippen LogP contribution is 2.32. The van der Waals surface area contributed by atoms with Crippen molar-refractivity contribution in [3.63, 3.8) is 0 Å². The molecule has 0 fully saturated rings. The fourth-order valence-corrected chi connectivity index (χ4v) is 3.63. The maximum atomic E-state index is 13.0. The zero-order chi connectivity index (χ0) is 20.0. The summed E-state index contributed by atoms with van der Waals surface area (Å²) >= 11 is 6.05. The minimum Gasteiger partial charge on any atom is -0.392 e. The van der Waals surface area contributed by atoms with Gasteiger partial charge in [-0.25, -0.2) is 4.79 Å². The van der Waals surface area contributed by atoms with Crippen molar-refractivity contribution in [3.05, 3.63) is 86.2 Å². The maximum Gasteiger partial charge on any atom is 0.330 e. The standard InChI is InChI=1S/C21H18ClN3O3/c1-23-17-11-25(16-6-4-3-5-14(16)12-26)19(13-7-9-15(22)10-8-13)18(17)20(27)24(2)21(23)28/h3-11,26H,12H2,1-2H3. The second-order valence-corrected chi connectivity index (χ2v) is 7.04. The molecule has 0 spiro atoms. The Morgan fingerprint density at radius 1 is 0.964 bits per heavy atom. The smallest absolute Gasteiger partial charge is 0.330 e. The molecule has 1 N–H and O–H groups in total. The lowest BCUT2D eigenvalue weighted by Gasteiger charge is -2.13. The van der Waals surface area contributed by atoms with Crippen molar-refractivity contribution < 1.29 is 5.11 Å². The minimum absolute atomic E-state index is 0.151. The minimum atomic E-state index is -0.396. The number of hydrogen-bond acceptors (Lipinski definition) is 3.